The standard InChI is InChI=1S/C22H33N5O2/c1-7-28-19-10-9-18(14-20(19)29-8-2)16(3)26-22(23-4)25-15-17-11-12-24-21(13-17)27(5)6/h9-14,16H,7-8,15H2,1-6H3,(H2,23,25,26). The van der Waals surface area contributed by atoms with Crippen molar-refractivity contribution in [2.75, 3.05) is 39.3 Å². The Kier molecular flexibility index (Phi) is 8.58. The third kappa shape index (κ3) is 6.55. The van der Waals surface area contributed by atoms with Crippen LogP contribution in [0.1, 0.15) is 37.9 Å². The molecule has 0 spiro atoms. The molecule has 0 saturated carbocycles. The van der Waals surface area contributed by atoms with Gasteiger partial charge in [0.05, 0.1) is 19.3 Å². The molecule has 2 rings (SSSR count). The minimum Gasteiger partial charge on any atom is -0.490 e. The molecule has 158 valence electrons. The summed E-state index contributed by atoms with van der Waals surface area (Å²) >= 11 is 0. The van der Waals surface area contributed by atoms with Crippen molar-refractivity contribution in [3.05, 3.63) is 47.7 Å². The van der Waals surface area contributed by atoms with Crippen molar-refractivity contribution in [1.29, 1.82) is 0 Å². The number of pyridine rings is 1. The molecule has 7 heteroatoms. The summed E-state index contributed by atoms with van der Waals surface area (Å²) in [4.78, 5) is 10.7. The molecule has 7 nitrogen and oxygen atoms in total. The molecule has 0 bridgehead atoms. The van der Waals surface area contributed by atoms with E-state index in [0.29, 0.717) is 19.8 Å². The summed E-state index contributed by atoms with van der Waals surface area (Å²) in [7, 11) is 5.73. The van der Waals surface area contributed by atoms with Gasteiger partial charge in [-0.25, -0.2) is 4.98 Å². The molecule has 0 aliphatic carbocycles. The lowest BCUT2D eigenvalue weighted by molar-refractivity contribution is 0.287. The number of aliphatic imine (C=N–C) groups is 1. The number of guanidine groups is 1. The highest BCUT2D eigenvalue weighted by molar-refractivity contribution is 5.80. The maximum Gasteiger partial charge on any atom is 0.191 e. The second-order valence-corrected chi connectivity index (χ2v) is 6.78. The van der Waals surface area contributed by atoms with Crippen molar-refractivity contribution in [3.8, 4) is 11.5 Å². The lowest BCUT2D eigenvalue weighted by Gasteiger charge is -2.20. The van der Waals surface area contributed by atoms with Gasteiger partial charge in [0.25, 0.3) is 0 Å². The van der Waals surface area contributed by atoms with Crippen LogP contribution in [0.2, 0.25) is 0 Å². The van der Waals surface area contributed by atoms with Crippen LogP contribution in [-0.2, 0) is 6.54 Å². The average molecular weight is 400 g/mol. The van der Waals surface area contributed by atoms with Crippen LogP contribution in [0.3, 0.4) is 0 Å². The highest BCUT2D eigenvalue weighted by Crippen LogP contribution is 2.30. The molecule has 2 N–H and O–H groups in total. The van der Waals surface area contributed by atoms with E-state index in [1.165, 1.54) is 0 Å². The molecule has 1 unspecified atom stereocenters. The van der Waals surface area contributed by atoms with E-state index in [1.54, 1.807) is 7.05 Å². The SMILES string of the molecule is CCOc1ccc(C(C)NC(=NC)NCc2ccnc(N(C)C)c2)cc1OCC. The zero-order valence-electron chi connectivity index (χ0n) is 18.3. The molecule has 1 aromatic heterocycles. The maximum atomic E-state index is 5.74. The lowest BCUT2D eigenvalue weighted by atomic mass is 10.1. The number of rotatable bonds is 9. The molecule has 2 aromatic rings. The van der Waals surface area contributed by atoms with Gasteiger partial charge in [-0.2, -0.15) is 0 Å². The first kappa shape index (κ1) is 22.3. The Morgan fingerprint density at radius 3 is 2.48 bits per heavy atom. The fraction of sp³-hybridized carbons (Fsp3) is 0.455. The zero-order valence-corrected chi connectivity index (χ0v) is 18.3. The van der Waals surface area contributed by atoms with Gasteiger partial charge >= 0.3 is 0 Å². The summed E-state index contributed by atoms with van der Waals surface area (Å²) in [6, 6.07) is 10.1. The lowest BCUT2D eigenvalue weighted by Crippen LogP contribution is -2.38. The predicted molar refractivity (Wildman–Crippen MR) is 119 cm³/mol. The van der Waals surface area contributed by atoms with Crippen LogP contribution >= 0.6 is 0 Å². The minimum absolute atomic E-state index is 0.0471. The Hall–Kier alpha value is -2.96. The van der Waals surface area contributed by atoms with Crippen molar-refractivity contribution in [2.24, 2.45) is 4.99 Å². The summed E-state index contributed by atoms with van der Waals surface area (Å²) in [6.45, 7) is 7.88. The van der Waals surface area contributed by atoms with Gasteiger partial charge in [-0.05, 0) is 56.2 Å². The summed E-state index contributed by atoms with van der Waals surface area (Å²) in [5.74, 6) is 3.18. The third-order valence-corrected chi connectivity index (χ3v) is 4.37. The molecular formula is C22H33N5O2. The highest BCUT2D eigenvalue weighted by atomic mass is 16.5. The van der Waals surface area contributed by atoms with E-state index in [-0.39, 0.29) is 6.04 Å². The van der Waals surface area contributed by atoms with E-state index < -0.39 is 0 Å². The summed E-state index contributed by atoms with van der Waals surface area (Å²) in [5.41, 5.74) is 2.23. The normalized spacial score (nSPS) is 12.3. The van der Waals surface area contributed by atoms with Gasteiger partial charge < -0.3 is 25.0 Å². The summed E-state index contributed by atoms with van der Waals surface area (Å²) in [6.07, 6.45) is 1.82. The van der Waals surface area contributed by atoms with Gasteiger partial charge in [0, 0.05) is 33.9 Å². The molecule has 0 amide bonds. The Morgan fingerprint density at radius 2 is 1.83 bits per heavy atom. The molecule has 1 atom stereocenters. The van der Waals surface area contributed by atoms with Crippen molar-refractivity contribution < 1.29 is 9.47 Å². The van der Waals surface area contributed by atoms with Crippen molar-refractivity contribution in [1.82, 2.24) is 15.6 Å². The fourth-order valence-electron chi connectivity index (χ4n) is 2.82. The smallest absolute Gasteiger partial charge is 0.191 e. The number of nitrogens with one attached hydrogen (secondary N) is 2. The summed E-state index contributed by atoms with van der Waals surface area (Å²) < 4.78 is 11.4. The Morgan fingerprint density at radius 1 is 1.10 bits per heavy atom. The average Bonchev–Trinajstić information content (AvgIpc) is 2.72. The molecule has 0 saturated heterocycles. The number of benzene rings is 1. The third-order valence-electron chi connectivity index (χ3n) is 4.37. The van der Waals surface area contributed by atoms with Crippen LogP contribution in [-0.4, -0.2) is 45.3 Å². The van der Waals surface area contributed by atoms with E-state index in [2.05, 4.69) is 33.6 Å². The molecule has 0 aliphatic rings. The Bertz CT molecular complexity index is 808. The van der Waals surface area contributed by atoms with Crippen LogP contribution in [0.25, 0.3) is 0 Å². The minimum atomic E-state index is 0.0471. The molecule has 1 heterocycles. The number of hydrogen-bond donors (Lipinski definition) is 2. The van der Waals surface area contributed by atoms with Crippen LogP contribution in [0.4, 0.5) is 5.82 Å². The number of anilines is 1. The second-order valence-electron chi connectivity index (χ2n) is 6.78. The van der Waals surface area contributed by atoms with Crippen molar-refractivity contribution >= 4 is 11.8 Å². The maximum absolute atomic E-state index is 5.74. The number of aromatic nitrogens is 1. The van der Waals surface area contributed by atoms with Crippen molar-refractivity contribution in [2.45, 2.75) is 33.4 Å². The molecular weight excluding hydrogens is 366 g/mol. The van der Waals surface area contributed by atoms with Gasteiger partial charge in [-0.3, -0.25) is 4.99 Å². The first-order chi connectivity index (χ1) is 14.0. The van der Waals surface area contributed by atoms with Crippen LogP contribution in [0.15, 0.2) is 41.5 Å². The van der Waals surface area contributed by atoms with Gasteiger partial charge in [-0.15, -0.1) is 0 Å². The fourth-order valence-corrected chi connectivity index (χ4v) is 2.82. The number of ether oxygens (including phenoxy) is 2. The molecule has 0 radical (unpaired) electrons. The first-order valence-corrected chi connectivity index (χ1v) is 9.97. The first-order valence-electron chi connectivity index (χ1n) is 9.97. The topological polar surface area (TPSA) is 71.0 Å². The Labute approximate surface area is 174 Å². The van der Waals surface area contributed by atoms with E-state index in [9.17, 15) is 0 Å². The molecule has 29 heavy (non-hydrogen) atoms. The zero-order chi connectivity index (χ0) is 21.2. The van der Waals surface area contributed by atoms with Gasteiger partial charge in [0.2, 0.25) is 0 Å². The number of hydrogen-bond acceptors (Lipinski definition) is 5. The van der Waals surface area contributed by atoms with Gasteiger partial charge in [0.1, 0.15) is 5.82 Å². The van der Waals surface area contributed by atoms with E-state index in [0.717, 1.165) is 34.4 Å². The second kappa shape index (κ2) is 11.1. The van der Waals surface area contributed by atoms with E-state index in [4.69, 9.17) is 9.47 Å². The van der Waals surface area contributed by atoms with Crippen LogP contribution in [0, 0.1) is 0 Å². The molecule has 1 aromatic carbocycles. The predicted octanol–water partition coefficient (Wildman–Crippen LogP) is 3.37. The van der Waals surface area contributed by atoms with Gasteiger partial charge in [-0.1, -0.05) is 6.07 Å². The summed E-state index contributed by atoms with van der Waals surface area (Å²) in [5, 5.41) is 6.79. The van der Waals surface area contributed by atoms with E-state index in [1.807, 2.05) is 63.3 Å². The highest BCUT2D eigenvalue weighted by Gasteiger charge is 2.12. The van der Waals surface area contributed by atoms with E-state index >= 15 is 0 Å². The van der Waals surface area contributed by atoms with Crippen LogP contribution < -0.4 is 25.0 Å². The largest absolute Gasteiger partial charge is 0.490 e. The van der Waals surface area contributed by atoms with Crippen molar-refractivity contribution in [3.63, 3.8) is 0 Å². The molecule has 0 fully saturated rings. The quantitative estimate of drug-likeness (QED) is 0.498. The van der Waals surface area contributed by atoms with Crippen LogP contribution in [0.5, 0.6) is 11.5 Å². The number of nitrogens with zero attached hydrogens (tertiary/aromatic N) is 3. The van der Waals surface area contributed by atoms with Gasteiger partial charge in [0.15, 0.2) is 17.5 Å². The monoisotopic (exact) mass is 399 g/mol. The Balaban J connectivity index is 2.03. The molecule has 0 aliphatic heterocycles.